The molecule has 8 nitrogen and oxygen atoms in total. The van der Waals surface area contributed by atoms with E-state index in [1.165, 1.54) is 42.7 Å². The van der Waals surface area contributed by atoms with E-state index in [0.29, 0.717) is 53.3 Å². The number of aromatic nitrogens is 1. The Morgan fingerprint density at radius 2 is 1.86 bits per heavy atom. The van der Waals surface area contributed by atoms with Gasteiger partial charge in [0, 0.05) is 49.7 Å². The van der Waals surface area contributed by atoms with E-state index in [-0.39, 0.29) is 36.9 Å². The number of pyridine rings is 1. The molecule has 228 valence electrons. The van der Waals surface area contributed by atoms with Crippen LogP contribution in [0.4, 0.5) is 4.39 Å². The van der Waals surface area contributed by atoms with Gasteiger partial charge in [0.1, 0.15) is 5.82 Å². The van der Waals surface area contributed by atoms with Crippen molar-refractivity contribution in [1.29, 1.82) is 0 Å². The molecule has 1 aromatic carbocycles. The standard InChI is InChI=1S/C33H40FN5O3S/c1-22(23-8-3-2-4-9-23)35-33(42)31-25-18-24(34)11-12-27(25)36-32(28-10-7-17-43-28)26(31)19-37-15-16-39(29(40)20-37)21-30(41)38-13-5-6-14-38/h7,10-12,17-18,22-23H,2-6,8-9,13-16,19-21H2,1H3,(H,35,42)/t22-/m0/s1. The Morgan fingerprint density at radius 1 is 1.07 bits per heavy atom. The number of hydrogen-bond acceptors (Lipinski definition) is 6. The molecule has 3 aliphatic rings. The van der Waals surface area contributed by atoms with Gasteiger partial charge in [-0.05, 0) is 68.2 Å². The van der Waals surface area contributed by atoms with Crippen LogP contribution in [0.5, 0.6) is 0 Å². The van der Waals surface area contributed by atoms with Crippen LogP contribution in [-0.4, -0.2) is 82.7 Å². The molecule has 3 aromatic rings. The van der Waals surface area contributed by atoms with Crippen LogP contribution in [0.15, 0.2) is 35.7 Å². The molecule has 2 aliphatic heterocycles. The number of piperazine rings is 1. The second-order valence-electron chi connectivity index (χ2n) is 12.2. The summed E-state index contributed by atoms with van der Waals surface area (Å²) in [5, 5.41) is 5.72. The lowest BCUT2D eigenvalue weighted by Gasteiger charge is -2.35. The third kappa shape index (κ3) is 6.60. The number of nitrogens with zero attached hydrogens (tertiary/aromatic N) is 4. The van der Waals surface area contributed by atoms with Gasteiger partial charge in [-0.3, -0.25) is 19.3 Å². The summed E-state index contributed by atoms with van der Waals surface area (Å²) in [6.07, 6.45) is 7.79. The number of rotatable bonds is 8. The quantitative estimate of drug-likeness (QED) is 0.388. The van der Waals surface area contributed by atoms with Gasteiger partial charge in [-0.1, -0.05) is 25.3 Å². The van der Waals surface area contributed by atoms with Crippen molar-refractivity contribution in [3.63, 3.8) is 0 Å². The van der Waals surface area contributed by atoms with Crippen molar-refractivity contribution in [3.8, 4) is 10.6 Å². The van der Waals surface area contributed by atoms with Gasteiger partial charge in [0.05, 0.1) is 34.7 Å². The third-order valence-electron chi connectivity index (χ3n) is 9.31. The van der Waals surface area contributed by atoms with Gasteiger partial charge in [-0.2, -0.15) is 0 Å². The number of hydrogen-bond donors (Lipinski definition) is 1. The van der Waals surface area contributed by atoms with Gasteiger partial charge in [-0.25, -0.2) is 9.37 Å². The fourth-order valence-corrected chi connectivity index (χ4v) is 7.59. The molecule has 1 atom stereocenters. The molecule has 6 rings (SSSR count). The van der Waals surface area contributed by atoms with E-state index in [4.69, 9.17) is 4.98 Å². The first-order chi connectivity index (χ1) is 20.9. The summed E-state index contributed by atoms with van der Waals surface area (Å²) in [6, 6.07) is 8.32. The van der Waals surface area contributed by atoms with Crippen LogP contribution in [0.25, 0.3) is 21.5 Å². The first kappa shape index (κ1) is 29.7. The number of thiophene rings is 1. The first-order valence-corrected chi connectivity index (χ1v) is 16.5. The molecule has 1 N–H and O–H groups in total. The van der Waals surface area contributed by atoms with E-state index in [2.05, 4.69) is 12.2 Å². The SMILES string of the molecule is C[C@H](NC(=O)c1c(CN2CCN(CC(=O)N3CCCC3)C(=O)C2)c(-c2cccs2)nc2ccc(F)cc12)C1CCCCC1. The van der Waals surface area contributed by atoms with Gasteiger partial charge >= 0.3 is 0 Å². The summed E-state index contributed by atoms with van der Waals surface area (Å²) in [5.41, 5.74) is 2.37. The van der Waals surface area contributed by atoms with E-state index in [1.54, 1.807) is 11.0 Å². The largest absolute Gasteiger partial charge is 0.349 e. The van der Waals surface area contributed by atoms with Gasteiger partial charge in [0.25, 0.3) is 5.91 Å². The maximum absolute atomic E-state index is 14.7. The van der Waals surface area contributed by atoms with Crippen LogP contribution in [0, 0.1) is 11.7 Å². The van der Waals surface area contributed by atoms with E-state index < -0.39 is 5.82 Å². The summed E-state index contributed by atoms with van der Waals surface area (Å²) >= 11 is 1.54. The highest BCUT2D eigenvalue weighted by Crippen LogP contribution is 2.35. The Kier molecular flexibility index (Phi) is 9.04. The molecule has 3 fully saturated rings. The molecular formula is C33H40FN5O3S. The van der Waals surface area contributed by atoms with Crippen LogP contribution in [0.3, 0.4) is 0 Å². The minimum atomic E-state index is -0.426. The predicted octanol–water partition coefficient (Wildman–Crippen LogP) is 5.07. The van der Waals surface area contributed by atoms with Crippen molar-refractivity contribution in [1.82, 2.24) is 25.0 Å². The number of nitrogens with one attached hydrogen (secondary N) is 1. The minimum absolute atomic E-state index is 0.00563. The predicted molar refractivity (Wildman–Crippen MR) is 166 cm³/mol. The third-order valence-corrected chi connectivity index (χ3v) is 10.2. The molecule has 3 amide bonds. The van der Waals surface area contributed by atoms with Crippen LogP contribution in [0.1, 0.15) is 67.8 Å². The van der Waals surface area contributed by atoms with Crippen molar-refractivity contribution >= 4 is 40.0 Å². The maximum Gasteiger partial charge on any atom is 0.252 e. The number of amides is 3. The second-order valence-corrected chi connectivity index (χ2v) is 13.2. The zero-order chi connectivity index (χ0) is 29.9. The number of fused-ring (bicyclic) bond motifs is 1. The lowest BCUT2D eigenvalue weighted by atomic mass is 9.84. The van der Waals surface area contributed by atoms with Gasteiger partial charge in [0.2, 0.25) is 11.8 Å². The molecule has 1 saturated carbocycles. The zero-order valence-corrected chi connectivity index (χ0v) is 25.6. The number of likely N-dealkylation sites (tertiary alicyclic amines) is 1. The second kappa shape index (κ2) is 13.1. The number of carbonyl (C=O) groups excluding carboxylic acids is 3. The molecule has 0 bridgehead atoms. The monoisotopic (exact) mass is 605 g/mol. The highest BCUT2D eigenvalue weighted by molar-refractivity contribution is 7.13. The highest BCUT2D eigenvalue weighted by Gasteiger charge is 2.31. The number of halogens is 1. The molecular weight excluding hydrogens is 565 g/mol. The Balaban J connectivity index is 1.31. The lowest BCUT2D eigenvalue weighted by Crippen LogP contribution is -2.53. The van der Waals surface area contributed by atoms with Crippen LogP contribution in [-0.2, 0) is 16.1 Å². The van der Waals surface area contributed by atoms with Crippen molar-refractivity contribution in [3.05, 3.63) is 52.7 Å². The fourth-order valence-electron chi connectivity index (χ4n) is 6.85. The summed E-state index contributed by atoms with van der Waals surface area (Å²) in [5.74, 6) is -0.342. The number of carbonyl (C=O) groups is 3. The first-order valence-electron chi connectivity index (χ1n) is 15.6. The molecule has 10 heteroatoms. The maximum atomic E-state index is 14.7. The van der Waals surface area contributed by atoms with E-state index in [1.807, 2.05) is 27.3 Å². The summed E-state index contributed by atoms with van der Waals surface area (Å²) < 4.78 is 14.7. The van der Waals surface area contributed by atoms with Gasteiger partial charge < -0.3 is 15.1 Å². The summed E-state index contributed by atoms with van der Waals surface area (Å²) in [7, 11) is 0. The Bertz CT molecular complexity index is 1480. The Hall–Kier alpha value is -3.37. The normalized spacial score (nSPS) is 19.3. The average Bonchev–Trinajstić information content (AvgIpc) is 3.74. The van der Waals surface area contributed by atoms with E-state index in [9.17, 15) is 18.8 Å². The molecule has 0 spiro atoms. The van der Waals surface area contributed by atoms with Crippen molar-refractivity contribution in [2.24, 2.45) is 5.92 Å². The topological polar surface area (TPSA) is 85.9 Å². The molecule has 1 aliphatic carbocycles. The molecule has 43 heavy (non-hydrogen) atoms. The molecule has 2 aromatic heterocycles. The average molecular weight is 606 g/mol. The summed E-state index contributed by atoms with van der Waals surface area (Å²) in [6.45, 7) is 5.14. The van der Waals surface area contributed by atoms with Gasteiger partial charge in [-0.15, -0.1) is 11.3 Å². The smallest absolute Gasteiger partial charge is 0.252 e. The lowest BCUT2D eigenvalue weighted by molar-refractivity contribution is -0.143. The van der Waals surface area contributed by atoms with E-state index >= 15 is 0 Å². The van der Waals surface area contributed by atoms with Gasteiger partial charge in [0.15, 0.2) is 0 Å². The van der Waals surface area contributed by atoms with Crippen LogP contribution < -0.4 is 5.32 Å². The Labute approximate surface area is 256 Å². The fraction of sp³-hybridized carbons (Fsp3) is 0.515. The minimum Gasteiger partial charge on any atom is -0.349 e. The van der Waals surface area contributed by atoms with Crippen LogP contribution >= 0.6 is 11.3 Å². The van der Waals surface area contributed by atoms with E-state index in [0.717, 1.165) is 43.6 Å². The highest BCUT2D eigenvalue weighted by atomic mass is 32.1. The van der Waals surface area contributed by atoms with Crippen molar-refractivity contribution in [2.75, 3.05) is 39.3 Å². The molecule has 0 radical (unpaired) electrons. The van der Waals surface area contributed by atoms with Crippen LogP contribution in [0.2, 0.25) is 0 Å². The summed E-state index contributed by atoms with van der Waals surface area (Å²) in [4.78, 5) is 51.5. The molecule has 4 heterocycles. The number of benzene rings is 1. The molecule has 2 saturated heterocycles. The van der Waals surface area contributed by atoms with Crippen molar-refractivity contribution in [2.45, 2.75) is 64.5 Å². The zero-order valence-electron chi connectivity index (χ0n) is 24.8. The van der Waals surface area contributed by atoms with Crippen molar-refractivity contribution < 1.29 is 18.8 Å². The Morgan fingerprint density at radius 3 is 2.58 bits per heavy atom. The molecule has 0 unspecified atom stereocenters.